The third-order valence-corrected chi connectivity index (χ3v) is 7.95. The normalized spacial score (nSPS) is 13.8. The van der Waals surface area contributed by atoms with Crippen molar-refractivity contribution in [1.29, 1.82) is 0 Å². The monoisotopic (exact) mass is 424 g/mol. The lowest BCUT2D eigenvalue weighted by atomic mass is 9.86. The fourth-order valence-corrected chi connectivity index (χ4v) is 7.13. The average Bonchev–Trinajstić information content (AvgIpc) is 2.56. The van der Waals surface area contributed by atoms with Crippen LogP contribution in [0.15, 0.2) is 30.3 Å². The van der Waals surface area contributed by atoms with E-state index in [0.717, 1.165) is 45.4 Å². The second kappa shape index (κ2) is 9.56. The van der Waals surface area contributed by atoms with Crippen LogP contribution in [0.5, 0.6) is 0 Å². The van der Waals surface area contributed by atoms with Gasteiger partial charge in [-0.1, -0.05) is 63.6 Å². The summed E-state index contributed by atoms with van der Waals surface area (Å²) in [5.74, 6) is 0.305. The van der Waals surface area contributed by atoms with E-state index < -0.39 is 7.92 Å². The van der Waals surface area contributed by atoms with E-state index in [4.69, 9.17) is 0 Å². The van der Waals surface area contributed by atoms with Crippen LogP contribution in [0.25, 0.3) is 0 Å². The second-order valence-corrected chi connectivity index (χ2v) is 12.2. The van der Waals surface area contributed by atoms with Crippen molar-refractivity contribution in [2.45, 2.75) is 68.7 Å². The van der Waals surface area contributed by atoms with E-state index in [9.17, 15) is 9.59 Å². The summed E-state index contributed by atoms with van der Waals surface area (Å²) in [6, 6.07) is 10.0. The molecule has 0 spiro atoms. The highest BCUT2D eigenvalue weighted by molar-refractivity contribution is 7.90. The van der Waals surface area contributed by atoms with Crippen LogP contribution in [-0.4, -0.2) is 17.2 Å². The highest BCUT2D eigenvalue weighted by atomic mass is 31.1. The predicted molar refractivity (Wildman–Crippen MR) is 130 cm³/mol. The van der Waals surface area contributed by atoms with E-state index in [0.29, 0.717) is 12.1 Å². The summed E-state index contributed by atoms with van der Waals surface area (Å²) < 4.78 is 0. The molecule has 3 heteroatoms. The number of hydrogen-bond donors (Lipinski definition) is 0. The second-order valence-electron chi connectivity index (χ2n) is 10.1. The molecule has 2 unspecified atom stereocenters. The molecule has 0 aliphatic carbocycles. The molecule has 0 N–H and O–H groups in total. The summed E-state index contributed by atoms with van der Waals surface area (Å²) in [6.45, 7) is 18.8. The van der Waals surface area contributed by atoms with Crippen molar-refractivity contribution in [2.75, 3.05) is 6.16 Å². The molecule has 2 nitrogen and oxygen atoms in total. The lowest BCUT2D eigenvalue weighted by Crippen LogP contribution is -2.19. The van der Waals surface area contributed by atoms with Gasteiger partial charge in [0.1, 0.15) is 0 Å². The number of benzene rings is 2. The topological polar surface area (TPSA) is 34.1 Å². The Hall–Kier alpha value is -1.79. The van der Waals surface area contributed by atoms with E-state index in [1.54, 1.807) is 0 Å². The SMILES string of the molecule is Cc1cc(C)c(C(=O)P(CC(C)CC(C)(C)C)C(=O)c2c(C)cccc2C)c(C)c1. The molecule has 162 valence electrons. The lowest BCUT2D eigenvalue weighted by Gasteiger charge is -2.27. The standard InChI is InChI=1S/C27H37O2P/c1-17-13-21(5)24(22(6)14-17)26(29)30(16-18(2)15-27(7,8)9)25(28)23-19(3)11-10-12-20(23)4/h10-14,18H,15-16H2,1-9H3. The van der Waals surface area contributed by atoms with Gasteiger partial charge in [0.25, 0.3) is 0 Å². The smallest absolute Gasteiger partial charge is 0.192 e. The fraction of sp³-hybridized carbons (Fsp3) is 0.481. The number of carbonyl (C=O) groups excluding carboxylic acids is 2. The summed E-state index contributed by atoms with van der Waals surface area (Å²) >= 11 is 0. The molecule has 2 rings (SSSR count). The Morgan fingerprint density at radius 3 is 1.70 bits per heavy atom. The molecule has 0 aliphatic heterocycles. The number of carbonyl (C=O) groups is 2. The van der Waals surface area contributed by atoms with E-state index in [2.05, 4.69) is 39.8 Å². The minimum Gasteiger partial charge on any atom is -0.289 e. The first-order chi connectivity index (χ1) is 13.8. The van der Waals surface area contributed by atoms with Crippen LogP contribution in [0.2, 0.25) is 0 Å². The largest absolute Gasteiger partial charge is 0.289 e. The summed E-state index contributed by atoms with van der Waals surface area (Å²) in [7, 11) is -1.48. The highest BCUT2D eigenvalue weighted by Crippen LogP contribution is 2.48. The van der Waals surface area contributed by atoms with Crippen molar-refractivity contribution in [2.24, 2.45) is 11.3 Å². The molecule has 30 heavy (non-hydrogen) atoms. The number of hydrogen-bond acceptors (Lipinski definition) is 2. The van der Waals surface area contributed by atoms with E-state index in [1.165, 1.54) is 0 Å². The molecule has 2 atom stereocenters. The Labute approximate surface area is 184 Å². The molecule has 2 aromatic carbocycles. The van der Waals surface area contributed by atoms with Gasteiger partial charge < -0.3 is 0 Å². The molecule has 0 radical (unpaired) electrons. The molecule has 2 aromatic rings. The van der Waals surface area contributed by atoms with Crippen LogP contribution >= 0.6 is 7.92 Å². The van der Waals surface area contributed by atoms with Crippen LogP contribution in [0, 0.1) is 46.0 Å². The zero-order chi connectivity index (χ0) is 22.8. The summed E-state index contributed by atoms with van der Waals surface area (Å²) in [5.41, 5.74) is 6.73. The van der Waals surface area contributed by atoms with Crippen LogP contribution < -0.4 is 0 Å². The van der Waals surface area contributed by atoms with Crippen molar-refractivity contribution in [3.8, 4) is 0 Å². The Morgan fingerprint density at radius 2 is 1.27 bits per heavy atom. The molecule has 0 saturated carbocycles. The van der Waals surface area contributed by atoms with Gasteiger partial charge in [-0.3, -0.25) is 9.59 Å². The van der Waals surface area contributed by atoms with Crippen LogP contribution in [-0.2, 0) is 0 Å². The minimum absolute atomic E-state index is 0.0331. The Morgan fingerprint density at radius 1 is 0.833 bits per heavy atom. The Kier molecular flexibility index (Phi) is 7.80. The van der Waals surface area contributed by atoms with Gasteiger partial charge >= 0.3 is 0 Å². The first-order valence-electron chi connectivity index (χ1n) is 10.8. The molecular formula is C27H37O2P. The molecular weight excluding hydrogens is 387 g/mol. The van der Waals surface area contributed by atoms with Gasteiger partial charge in [0.05, 0.1) is 0 Å². The fourth-order valence-electron chi connectivity index (χ4n) is 4.62. The Bertz CT molecular complexity index is 907. The van der Waals surface area contributed by atoms with Gasteiger partial charge in [-0.2, -0.15) is 0 Å². The van der Waals surface area contributed by atoms with Gasteiger partial charge in [-0.05, 0) is 80.8 Å². The first kappa shape index (κ1) is 24.5. The molecule has 0 saturated heterocycles. The van der Waals surface area contributed by atoms with Crippen molar-refractivity contribution in [3.63, 3.8) is 0 Å². The molecule has 0 fully saturated rings. The maximum Gasteiger partial charge on any atom is 0.192 e. The quantitative estimate of drug-likeness (QED) is 0.426. The number of aryl methyl sites for hydroxylation is 5. The van der Waals surface area contributed by atoms with Crippen molar-refractivity contribution >= 4 is 19.0 Å². The third-order valence-electron chi connectivity index (χ3n) is 5.53. The van der Waals surface area contributed by atoms with Crippen LogP contribution in [0.4, 0.5) is 0 Å². The lowest BCUT2D eigenvalue weighted by molar-refractivity contribution is 0.105. The maximum atomic E-state index is 13.8. The average molecular weight is 425 g/mol. The van der Waals surface area contributed by atoms with Crippen LogP contribution in [0.1, 0.15) is 82.6 Å². The first-order valence-corrected chi connectivity index (χ1v) is 12.3. The van der Waals surface area contributed by atoms with Gasteiger partial charge in [0.15, 0.2) is 11.0 Å². The minimum atomic E-state index is -1.48. The van der Waals surface area contributed by atoms with Gasteiger partial charge in [0.2, 0.25) is 0 Å². The van der Waals surface area contributed by atoms with Crippen molar-refractivity contribution in [3.05, 3.63) is 69.3 Å². The molecule has 0 aromatic heterocycles. The van der Waals surface area contributed by atoms with Gasteiger partial charge in [0, 0.05) is 19.0 Å². The van der Waals surface area contributed by atoms with E-state index in [-0.39, 0.29) is 16.5 Å². The van der Waals surface area contributed by atoms with Gasteiger partial charge in [-0.25, -0.2) is 0 Å². The summed E-state index contributed by atoms with van der Waals surface area (Å²) in [6.07, 6.45) is 1.63. The van der Waals surface area contributed by atoms with E-state index in [1.807, 2.05) is 52.8 Å². The van der Waals surface area contributed by atoms with Crippen LogP contribution in [0.3, 0.4) is 0 Å². The summed E-state index contributed by atoms with van der Waals surface area (Å²) in [4.78, 5) is 27.6. The number of rotatable bonds is 7. The Balaban J connectivity index is 2.54. The molecule has 0 aliphatic rings. The molecule has 0 amide bonds. The predicted octanol–water partition coefficient (Wildman–Crippen LogP) is 7.76. The zero-order valence-electron chi connectivity index (χ0n) is 20.1. The highest BCUT2D eigenvalue weighted by Gasteiger charge is 2.33. The summed E-state index contributed by atoms with van der Waals surface area (Å²) in [5, 5.41) is 0. The maximum absolute atomic E-state index is 13.8. The molecule has 0 heterocycles. The third kappa shape index (κ3) is 5.88. The van der Waals surface area contributed by atoms with Crippen molar-refractivity contribution < 1.29 is 9.59 Å². The van der Waals surface area contributed by atoms with Crippen molar-refractivity contribution in [1.82, 2.24) is 0 Å². The molecule has 0 bridgehead atoms. The zero-order valence-corrected chi connectivity index (χ0v) is 21.0. The van der Waals surface area contributed by atoms with E-state index >= 15 is 0 Å². The van der Waals surface area contributed by atoms with Gasteiger partial charge in [-0.15, -0.1) is 0 Å².